The lowest BCUT2D eigenvalue weighted by molar-refractivity contribution is -0.384. The van der Waals surface area contributed by atoms with E-state index in [-0.39, 0.29) is 28.9 Å². The van der Waals surface area contributed by atoms with Crippen LogP contribution in [0.3, 0.4) is 0 Å². The van der Waals surface area contributed by atoms with E-state index in [0.717, 1.165) is 10.4 Å². The van der Waals surface area contributed by atoms with Gasteiger partial charge in [0.25, 0.3) is 15.7 Å². The van der Waals surface area contributed by atoms with Crippen molar-refractivity contribution in [2.45, 2.75) is 50.7 Å². The third-order valence-corrected chi connectivity index (χ3v) is 8.41. The van der Waals surface area contributed by atoms with Gasteiger partial charge >= 0.3 is 0 Å². The molecule has 2 amide bonds. The van der Waals surface area contributed by atoms with Crippen molar-refractivity contribution in [2.75, 3.05) is 10.8 Å². The Morgan fingerprint density at radius 1 is 1.00 bits per heavy atom. The SMILES string of the molecule is CC[C@H](C)NC(=O)[C@H](C)N(Cc1ccc(Cl)cc1)C(=O)CN(c1cccc([N+](=O)[O-])c1)S(=O)(=O)c1ccccc1. The summed E-state index contributed by atoms with van der Waals surface area (Å²) >= 11 is 6.01. The number of hydrogen-bond donors (Lipinski definition) is 1. The number of carbonyl (C=O) groups is 2. The van der Waals surface area contributed by atoms with Gasteiger partial charge in [0.2, 0.25) is 11.8 Å². The van der Waals surface area contributed by atoms with Crippen molar-refractivity contribution in [3.05, 3.63) is 99.6 Å². The molecular weight excluding hydrogens is 556 g/mol. The van der Waals surface area contributed by atoms with Gasteiger partial charge in [0, 0.05) is 29.7 Å². The third kappa shape index (κ3) is 7.57. The highest BCUT2D eigenvalue weighted by molar-refractivity contribution is 7.92. The highest BCUT2D eigenvalue weighted by Crippen LogP contribution is 2.27. The molecule has 0 saturated heterocycles. The van der Waals surface area contributed by atoms with Gasteiger partial charge in [0.1, 0.15) is 12.6 Å². The number of anilines is 1. The van der Waals surface area contributed by atoms with Crippen LogP contribution in [0.5, 0.6) is 0 Å². The molecule has 2 atom stereocenters. The standard InChI is InChI=1S/C28H31ClN4O6S/c1-4-20(2)30-28(35)21(3)31(18-22-13-15-23(29)16-14-22)27(34)19-32(24-9-8-10-25(17-24)33(36)37)40(38,39)26-11-6-5-7-12-26/h5-17,20-21H,4,18-19H2,1-3H3,(H,30,35)/t20-,21-/m0/s1. The summed E-state index contributed by atoms with van der Waals surface area (Å²) in [6.45, 7) is 4.62. The van der Waals surface area contributed by atoms with Gasteiger partial charge in [0.05, 0.1) is 15.5 Å². The minimum absolute atomic E-state index is 0.000737. The Morgan fingerprint density at radius 3 is 2.25 bits per heavy atom. The van der Waals surface area contributed by atoms with E-state index in [2.05, 4.69) is 5.32 Å². The largest absolute Gasteiger partial charge is 0.352 e. The molecule has 0 heterocycles. The predicted molar refractivity (Wildman–Crippen MR) is 153 cm³/mol. The fourth-order valence-electron chi connectivity index (χ4n) is 3.84. The van der Waals surface area contributed by atoms with E-state index in [1.165, 1.54) is 47.4 Å². The number of sulfonamides is 1. The predicted octanol–water partition coefficient (Wildman–Crippen LogP) is 4.78. The Bertz CT molecular complexity index is 1450. The van der Waals surface area contributed by atoms with E-state index >= 15 is 0 Å². The lowest BCUT2D eigenvalue weighted by atomic mass is 10.1. The van der Waals surface area contributed by atoms with E-state index in [1.807, 2.05) is 13.8 Å². The maximum absolute atomic E-state index is 13.9. The number of benzene rings is 3. The van der Waals surface area contributed by atoms with Crippen LogP contribution >= 0.6 is 11.6 Å². The Hall–Kier alpha value is -3.96. The minimum Gasteiger partial charge on any atom is -0.352 e. The Kier molecular flexibility index (Phi) is 10.2. The van der Waals surface area contributed by atoms with E-state index < -0.39 is 39.3 Å². The van der Waals surface area contributed by atoms with Crippen LogP contribution in [0.1, 0.15) is 32.8 Å². The van der Waals surface area contributed by atoms with Crippen molar-refractivity contribution in [3.63, 3.8) is 0 Å². The average Bonchev–Trinajstić information content (AvgIpc) is 2.95. The fraction of sp³-hybridized carbons (Fsp3) is 0.286. The second-order valence-electron chi connectivity index (χ2n) is 9.24. The van der Waals surface area contributed by atoms with Crippen LogP contribution in [0.25, 0.3) is 0 Å². The van der Waals surface area contributed by atoms with Crippen LogP contribution in [-0.4, -0.2) is 48.7 Å². The highest BCUT2D eigenvalue weighted by atomic mass is 35.5. The second-order valence-corrected chi connectivity index (χ2v) is 11.5. The van der Waals surface area contributed by atoms with Crippen molar-refractivity contribution < 1.29 is 22.9 Å². The zero-order chi connectivity index (χ0) is 29.4. The van der Waals surface area contributed by atoms with Crippen LogP contribution in [0.2, 0.25) is 5.02 Å². The van der Waals surface area contributed by atoms with Gasteiger partial charge in [0.15, 0.2) is 0 Å². The van der Waals surface area contributed by atoms with Crippen molar-refractivity contribution in [2.24, 2.45) is 0 Å². The highest BCUT2D eigenvalue weighted by Gasteiger charge is 2.33. The quantitative estimate of drug-likeness (QED) is 0.240. The summed E-state index contributed by atoms with van der Waals surface area (Å²) in [4.78, 5) is 38.9. The smallest absolute Gasteiger partial charge is 0.271 e. The zero-order valence-electron chi connectivity index (χ0n) is 22.4. The zero-order valence-corrected chi connectivity index (χ0v) is 23.9. The number of nitrogens with one attached hydrogen (secondary N) is 1. The summed E-state index contributed by atoms with van der Waals surface area (Å²) in [6.07, 6.45) is 0.680. The normalized spacial score (nSPS) is 12.7. The topological polar surface area (TPSA) is 130 Å². The Balaban J connectivity index is 2.05. The summed E-state index contributed by atoms with van der Waals surface area (Å²) in [5, 5.41) is 14.8. The maximum atomic E-state index is 13.9. The molecule has 10 nitrogen and oxygen atoms in total. The molecule has 0 unspecified atom stereocenters. The first-order valence-corrected chi connectivity index (χ1v) is 14.4. The van der Waals surface area contributed by atoms with Crippen molar-refractivity contribution in [1.29, 1.82) is 0 Å². The Labute approximate surface area is 238 Å². The molecule has 0 saturated carbocycles. The number of nitro groups is 1. The number of hydrogen-bond acceptors (Lipinski definition) is 6. The first kappa shape index (κ1) is 30.6. The monoisotopic (exact) mass is 586 g/mol. The average molecular weight is 587 g/mol. The van der Waals surface area contributed by atoms with Crippen molar-refractivity contribution >= 4 is 44.8 Å². The lowest BCUT2D eigenvalue weighted by Crippen LogP contribution is -2.52. The number of nitro benzene ring substituents is 1. The molecule has 212 valence electrons. The summed E-state index contributed by atoms with van der Waals surface area (Å²) in [5.41, 5.74) is 0.279. The lowest BCUT2D eigenvalue weighted by Gasteiger charge is -2.32. The molecule has 12 heteroatoms. The molecule has 0 radical (unpaired) electrons. The van der Waals surface area contributed by atoms with E-state index in [0.29, 0.717) is 17.0 Å². The molecule has 3 rings (SSSR count). The summed E-state index contributed by atoms with van der Waals surface area (Å²) < 4.78 is 28.3. The molecule has 0 aromatic heterocycles. The summed E-state index contributed by atoms with van der Waals surface area (Å²) in [6, 6.07) is 18.1. The minimum atomic E-state index is -4.33. The number of amides is 2. The van der Waals surface area contributed by atoms with Crippen LogP contribution in [0, 0.1) is 10.1 Å². The van der Waals surface area contributed by atoms with Crippen molar-refractivity contribution in [3.8, 4) is 0 Å². The number of rotatable bonds is 12. The fourth-order valence-corrected chi connectivity index (χ4v) is 5.40. The molecule has 3 aromatic rings. The van der Waals surface area contributed by atoms with Crippen molar-refractivity contribution in [1.82, 2.24) is 10.2 Å². The van der Waals surface area contributed by atoms with Crippen LogP contribution < -0.4 is 9.62 Å². The maximum Gasteiger partial charge on any atom is 0.271 e. The van der Waals surface area contributed by atoms with E-state index in [9.17, 15) is 28.1 Å². The third-order valence-electron chi connectivity index (χ3n) is 6.37. The van der Waals surface area contributed by atoms with Gasteiger partial charge in [-0.05, 0) is 56.2 Å². The molecular formula is C28H31ClN4O6S. The van der Waals surface area contributed by atoms with Gasteiger partial charge < -0.3 is 10.2 Å². The first-order chi connectivity index (χ1) is 18.9. The number of non-ortho nitro benzene ring substituents is 1. The van der Waals surface area contributed by atoms with Crippen LogP contribution in [-0.2, 0) is 26.2 Å². The first-order valence-electron chi connectivity index (χ1n) is 12.6. The van der Waals surface area contributed by atoms with E-state index in [1.54, 1.807) is 37.3 Å². The van der Waals surface area contributed by atoms with Gasteiger partial charge in [-0.2, -0.15) is 0 Å². The van der Waals surface area contributed by atoms with Gasteiger partial charge in [-0.3, -0.25) is 24.0 Å². The molecule has 40 heavy (non-hydrogen) atoms. The van der Waals surface area contributed by atoms with Gasteiger partial charge in [-0.15, -0.1) is 0 Å². The Morgan fingerprint density at radius 2 is 1.65 bits per heavy atom. The molecule has 1 N–H and O–H groups in total. The van der Waals surface area contributed by atoms with Gasteiger partial charge in [-0.25, -0.2) is 8.42 Å². The number of carbonyl (C=O) groups excluding carboxylic acids is 2. The summed E-state index contributed by atoms with van der Waals surface area (Å²) in [7, 11) is -4.33. The molecule has 0 aliphatic carbocycles. The number of nitrogens with zero attached hydrogens (tertiary/aromatic N) is 3. The van der Waals surface area contributed by atoms with Crippen LogP contribution in [0.4, 0.5) is 11.4 Å². The molecule has 0 aliphatic rings. The molecule has 0 spiro atoms. The van der Waals surface area contributed by atoms with Gasteiger partial charge in [-0.1, -0.05) is 54.9 Å². The van der Waals surface area contributed by atoms with Crippen LogP contribution in [0.15, 0.2) is 83.8 Å². The molecule has 0 bridgehead atoms. The number of halogens is 1. The molecule has 0 fully saturated rings. The molecule has 3 aromatic carbocycles. The summed E-state index contributed by atoms with van der Waals surface area (Å²) in [5.74, 6) is -1.07. The molecule has 0 aliphatic heterocycles. The van der Waals surface area contributed by atoms with E-state index in [4.69, 9.17) is 11.6 Å². The second kappa shape index (κ2) is 13.4.